The van der Waals surface area contributed by atoms with Crippen LogP contribution in [0.1, 0.15) is 29.9 Å². The van der Waals surface area contributed by atoms with Crippen molar-refractivity contribution in [2.24, 2.45) is 0 Å². The normalized spacial score (nSPS) is 11.2. The number of ether oxygens (including phenoxy) is 1. The largest absolute Gasteiger partial charge is 0.491 e. The minimum absolute atomic E-state index is 0.0642. The Bertz CT molecular complexity index is 1180. The Morgan fingerprint density at radius 1 is 1.17 bits per heavy atom. The average molecular weight is 410 g/mol. The number of amides is 1. The minimum atomic E-state index is -0.317. The van der Waals surface area contributed by atoms with Crippen molar-refractivity contribution in [3.8, 4) is 10.9 Å². The monoisotopic (exact) mass is 410 g/mol. The lowest BCUT2D eigenvalue weighted by molar-refractivity contribution is 0.102. The molecule has 2 aromatic heterocycles. The molecule has 6 nitrogen and oxygen atoms in total. The van der Waals surface area contributed by atoms with E-state index in [-0.39, 0.29) is 17.8 Å². The molecular formula is C21H19FN4O2S. The Hall–Kier alpha value is -3.26. The number of thiazole rings is 1. The van der Waals surface area contributed by atoms with Gasteiger partial charge in [-0.05, 0) is 63.2 Å². The molecular weight excluding hydrogens is 391 g/mol. The first kappa shape index (κ1) is 19.1. The Kier molecular flexibility index (Phi) is 5.02. The molecule has 4 rings (SSSR count). The summed E-state index contributed by atoms with van der Waals surface area (Å²) in [5, 5.41) is 7.85. The molecule has 148 valence electrons. The summed E-state index contributed by atoms with van der Waals surface area (Å²) in [6.45, 7) is 5.72. The van der Waals surface area contributed by atoms with Crippen LogP contribution in [0.3, 0.4) is 0 Å². The first-order valence-electron chi connectivity index (χ1n) is 9.10. The van der Waals surface area contributed by atoms with Gasteiger partial charge in [0.05, 0.1) is 22.0 Å². The highest BCUT2D eigenvalue weighted by Crippen LogP contribution is 2.28. The molecule has 29 heavy (non-hydrogen) atoms. The fourth-order valence-corrected chi connectivity index (χ4v) is 3.81. The maximum Gasteiger partial charge on any atom is 0.256 e. The van der Waals surface area contributed by atoms with Gasteiger partial charge in [0, 0.05) is 11.6 Å². The van der Waals surface area contributed by atoms with Crippen LogP contribution >= 0.6 is 11.3 Å². The number of fused-ring (bicyclic) bond motifs is 1. The number of carbonyl (C=O) groups is 1. The summed E-state index contributed by atoms with van der Waals surface area (Å²) in [6, 6.07) is 13.1. The number of nitrogens with zero attached hydrogens (tertiary/aromatic N) is 3. The second kappa shape index (κ2) is 7.63. The predicted octanol–water partition coefficient (Wildman–Crippen LogP) is 4.97. The maximum atomic E-state index is 13.5. The van der Waals surface area contributed by atoms with Crippen LogP contribution < -0.4 is 10.1 Å². The first-order valence-corrected chi connectivity index (χ1v) is 9.92. The lowest BCUT2D eigenvalue weighted by Crippen LogP contribution is -2.15. The second-order valence-corrected chi connectivity index (χ2v) is 7.85. The van der Waals surface area contributed by atoms with E-state index in [4.69, 9.17) is 4.74 Å². The molecule has 0 saturated heterocycles. The standard InChI is InChI=1S/C21H19FN4O2S/c1-12(2)28-16-7-4-14(5-8-16)20(27)24-19-10-13(3)25-26(19)21-23-17-9-6-15(22)11-18(17)29-21/h4-12H,1-3H3,(H,24,27). The van der Waals surface area contributed by atoms with Crippen LogP contribution in [0.5, 0.6) is 5.75 Å². The topological polar surface area (TPSA) is 69.0 Å². The van der Waals surface area contributed by atoms with Crippen molar-refractivity contribution in [3.63, 3.8) is 0 Å². The summed E-state index contributed by atoms with van der Waals surface area (Å²) in [7, 11) is 0. The van der Waals surface area contributed by atoms with Gasteiger partial charge in [-0.15, -0.1) is 0 Å². The number of carbonyl (C=O) groups excluding carboxylic acids is 1. The molecule has 0 radical (unpaired) electrons. The number of hydrogen-bond acceptors (Lipinski definition) is 5. The molecule has 0 fully saturated rings. The zero-order valence-electron chi connectivity index (χ0n) is 16.1. The number of aromatic nitrogens is 3. The molecule has 2 heterocycles. The third-order valence-electron chi connectivity index (χ3n) is 4.08. The van der Waals surface area contributed by atoms with Gasteiger partial charge in [-0.3, -0.25) is 4.79 Å². The van der Waals surface area contributed by atoms with E-state index in [9.17, 15) is 9.18 Å². The van der Waals surface area contributed by atoms with Crippen molar-refractivity contribution >= 4 is 33.3 Å². The number of benzene rings is 2. The van der Waals surface area contributed by atoms with Crippen molar-refractivity contribution in [2.75, 3.05) is 5.32 Å². The van der Waals surface area contributed by atoms with Crippen molar-refractivity contribution < 1.29 is 13.9 Å². The van der Waals surface area contributed by atoms with Crippen molar-refractivity contribution in [1.29, 1.82) is 0 Å². The summed E-state index contributed by atoms with van der Waals surface area (Å²) in [5.41, 5.74) is 1.90. The van der Waals surface area contributed by atoms with Gasteiger partial charge < -0.3 is 10.1 Å². The molecule has 8 heteroatoms. The molecule has 0 bridgehead atoms. The number of rotatable bonds is 5. The van der Waals surface area contributed by atoms with Gasteiger partial charge in [0.1, 0.15) is 17.4 Å². The number of anilines is 1. The number of aryl methyl sites for hydroxylation is 1. The highest BCUT2D eigenvalue weighted by Gasteiger charge is 2.16. The summed E-state index contributed by atoms with van der Waals surface area (Å²) < 4.78 is 21.4. The summed E-state index contributed by atoms with van der Waals surface area (Å²) in [6.07, 6.45) is 0.0642. The van der Waals surface area contributed by atoms with E-state index in [0.29, 0.717) is 32.5 Å². The molecule has 4 aromatic rings. The van der Waals surface area contributed by atoms with E-state index in [1.165, 1.54) is 23.5 Å². The van der Waals surface area contributed by atoms with E-state index < -0.39 is 0 Å². The van der Waals surface area contributed by atoms with E-state index in [0.717, 1.165) is 5.69 Å². The quantitative estimate of drug-likeness (QED) is 0.504. The van der Waals surface area contributed by atoms with Crippen LogP contribution in [0.4, 0.5) is 10.2 Å². The van der Waals surface area contributed by atoms with Gasteiger partial charge in [0.25, 0.3) is 5.91 Å². The smallest absolute Gasteiger partial charge is 0.256 e. The zero-order chi connectivity index (χ0) is 20.5. The molecule has 0 aliphatic carbocycles. The van der Waals surface area contributed by atoms with Crippen LogP contribution in [0.25, 0.3) is 15.3 Å². The lowest BCUT2D eigenvalue weighted by Gasteiger charge is -2.10. The van der Waals surface area contributed by atoms with Crippen LogP contribution in [0.15, 0.2) is 48.5 Å². The number of halogens is 1. The molecule has 0 spiro atoms. The SMILES string of the molecule is Cc1cc(NC(=O)c2ccc(OC(C)C)cc2)n(-c2nc3ccc(F)cc3s2)n1. The van der Waals surface area contributed by atoms with Crippen LogP contribution in [-0.4, -0.2) is 26.8 Å². The maximum absolute atomic E-state index is 13.5. The van der Waals surface area contributed by atoms with Gasteiger partial charge in [-0.1, -0.05) is 11.3 Å². The van der Waals surface area contributed by atoms with Crippen LogP contribution in [-0.2, 0) is 0 Å². The molecule has 1 amide bonds. The Labute approximate surface area is 171 Å². The van der Waals surface area contributed by atoms with Gasteiger partial charge in [0.2, 0.25) is 5.13 Å². The third kappa shape index (κ3) is 4.12. The molecule has 0 aliphatic rings. The Morgan fingerprint density at radius 3 is 2.66 bits per heavy atom. The molecule has 0 atom stereocenters. The summed E-state index contributed by atoms with van der Waals surface area (Å²) >= 11 is 1.30. The van der Waals surface area contributed by atoms with E-state index in [1.54, 1.807) is 41.1 Å². The Balaban J connectivity index is 1.60. The third-order valence-corrected chi connectivity index (χ3v) is 5.08. The molecule has 0 saturated carbocycles. The fraction of sp³-hybridized carbons (Fsp3) is 0.190. The van der Waals surface area contributed by atoms with Crippen LogP contribution in [0, 0.1) is 12.7 Å². The van der Waals surface area contributed by atoms with E-state index in [2.05, 4.69) is 15.4 Å². The summed E-state index contributed by atoms with van der Waals surface area (Å²) in [5.74, 6) is 0.617. The number of nitrogens with one attached hydrogen (secondary N) is 1. The lowest BCUT2D eigenvalue weighted by atomic mass is 10.2. The molecule has 1 N–H and O–H groups in total. The fourth-order valence-electron chi connectivity index (χ4n) is 2.86. The van der Waals surface area contributed by atoms with Crippen molar-refractivity contribution in [1.82, 2.24) is 14.8 Å². The van der Waals surface area contributed by atoms with Crippen molar-refractivity contribution in [2.45, 2.75) is 26.9 Å². The average Bonchev–Trinajstić information content (AvgIpc) is 3.24. The Morgan fingerprint density at radius 2 is 1.93 bits per heavy atom. The van der Waals surface area contributed by atoms with Gasteiger partial charge in [-0.2, -0.15) is 9.78 Å². The summed E-state index contributed by atoms with van der Waals surface area (Å²) in [4.78, 5) is 17.2. The second-order valence-electron chi connectivity index (χ2n) is 6.84. The van der Waals surface area contributed by atoms with Gasteiger partial charge in [0.15, 0.2) is 0 Å². The highest BCUT2D eigenvalue weighted by molar-refractivity contribution is 7.20. The van der Waals surface area contributed by atoms with Gasteiger partial charge in [-0.25, -0.2) is 9.37 Å². The molecule has 2 aromatic carbocycles. The predicted molar refractivity (Wildman–Crippen MR) is 112 cm³/mol. The first-order chi connectivity index (χ1) is 13.9. The van der Waals surface area contributed by atoms with Crippen molar-refractivity contribution in [3.05, 3.63) is 65.6 Å². The molecule has 0 unspecified atom stereocenters. The number of hydrogen-bond donors (Lipinski definition) is 1. The van der Waals surface area contributed by atoms with E-state index in [1.807, 2.05) is 20.8 Å². The zero-order valence-corrected chi connectivity index (χ0v) is 17.0. The highest BCUT2D eigenvalue weighted by atomic mass is 32.1. The van der Waals surface area contributed by atoms with Crippen LogP contribution in [0.2, 0.25) is 0 Å². The van der Waals surface area contributed by atoms with Gasteiger partial charge >= 0.3 is 0 Å². The minimum Gasteiger partial charge on any atom is -0.491 e. The molecule has 0 aliphatic heterocycles. The van der Waals surface area contributed by atoms with E-state index >= 15 is 0 Å².